The molecule has 1 amide bonds. The Labute approximate surface area is 161 Å². The summed E-state index contributed by atoms with van der Waals surface area (Å²) < 4.78 is 9.99. The quantitative estimate of drug-likeness (QED) is 0.354. The number of carbonyl (C=O) groups excluding carboxylic acids is 3. The second-order valence-electron chi connectivity index (χ2n) is 7.43. The molecule has 1 aromatic rings. The van der Waals surface area contributed by atoms with Gasteiger partial charge in [-0.25, -0.2) is 4.79 Å². The van der Waals surface area contributed by atoms with Gasteiger partial charge in [-0.3, -0.25) is 19.7 Å². The fourth-order valence-electron chi connectivity index (χ4n) is 2.74. The second-order valence-corrected chi connectivity index (χ2v) is 7.43. The first kappa shape index (κ1) is 21.1. The van der Waals surface area contributed by atoms with Crippen molar-refractivity contribution in [3.05, 3.63) is 51.2 Å². The molecule has 0 fully saturated rings. The number of non-ortho nitro benzene ring substituents is 1. The SMILES string of the molecule is CC1=C(C(=O)OCOC(=O)C(C)(C)C)[C@@H](c2cccc([N+](=O)[O-])c2)CC(=O)N1. The molecule has 0 bridgehead atoms. The minimum absolute atomic E-state index is 0.0648. The van der Waals surface area contributed by atoms with Crippen molar-refractivity contribution >= 4 is 23.5 Å². The van der Waals surface area contributed by atoms with Gasteiger partial charge in [0.25, 0.3) is 5.69 Å². The predicted molar refractivity (Wildman–Crippen MR) is 97.8 cm³/mol. The lowest BCUT2D eigenvalue weighted by molar-refractivity contribution is -0.384. The van der Waals surface area contributed by atoms with Crippen LogP contribution in [0.4, 0.5) is 5.69 Å². The summed E-state index contributed by atoms with van der Waals surface area (Å²) in [5, 5.41) is 13.6. The third kappa shape index (κ3) is 4.93. The lowest BCUT2D eigenvalue weighted by atomic mass is 9.84. The maximum Gasteiger partial charge on any atom is 0.339 e. The van der Waals surface area contributed by atoms with Crippen LogP contribution in [0.15, 0.2) is 35.5 Å². The first-order chi connectivity index (χ1) is 13.0. The van der Waals surface area contributed by atoms with E-state index in [2.05, 4.69) is 5.32 Å². The van der Waals surface area contributed by atoms with Crippen molar-refractivity contribution in [3.8, 4) is 0 Å². The Morgan fingerprint density at radius 1 is 1.29 bits per heavy atom. The number of amides is 1. The molecule has 28 heavy (non-hydrogen) atoms. The standard InChI is InChI=1S/C19H22N2O7/c1-11-16(17(23)27-10-28-18(24)19(2,3)4)14(9-15(22)20-11)12-6-5-7-13(8-12)21(25)26/h5-8,14H,9-10H2,1-4H3,(H,20,22)/t14-/m1/s1. The Kier molecular flexibility index (Phi) is 6.17. The van der Waals surface area contributed by atoms with Crippen LogP contribution in [0.3, 0.4) is 0 Å². The minimum atomic E-state index is -0.768. The molecule has 0 radical (unpaired) electrons. The lowest BCUT2D eigenvalue weighted by Gasteiger charge is -2.26. The third-order valence-electron chi connectivity index (χ3n) is 4.16. The van der Waals surface area contributed by atoms with Crippen molar-refractivity contribution in [1.29, 1.82) is 0 Å². The van der Waals surface area contributed by atoms with Crippen molar-refractivity contribution < 1.29 is 28.8 Å². The Hall–Kier alpha value is -3.23. The maximum atomic E-state index is 12.6. The van der Waals surface area contributed by atoms with Crippen LogP contribution in [0, 0.1) is 15.5 Å². The van der Waals surface area contributed by atoms with Gasteiger partial charge >= 0.3 is 11.9 Å². The van der Waals surface area contributed by atoms with E-state index >= 15 is 0 Å². The summed E-state index contributed by atoms with van der Waals surface area (Å²) in [6.45, 7) is 5.97. The molecule has 0 saturated heterocycles. The lowest BCUT2D eigenvalue weighted by Crippen LogP contribution is -2.34. The second kappa shape index (κ2) is 8.20. The van der Waals surface area contributed by atoms with Gasteiger partial charge in [-0.15, -0.1) is 0 Å². The molecule has 0 saturated carbocycles. The summed E-state index contributed by atoms with van der Waals surface area (Å²) in [6.07, 6.45) is -0.0648. The molecule has 9 nitrogen and oxygen atoms in total. The number of rotatable bonds is 5. The number of esters is 2. The van der Waals surface area contributed by atoms with Crippen molar-refractivity contribution in [2.75, 3.05) is 6.79 Å². The molecule has 0 unspecified atom stereocenters. The first-order valence-electron chi connectivity index (χ1n) is 8.60. The van der Waals surface area contributed by atoms with Crippen LogP contribution >= 0.6 is 0 Å². The molecule has 1 N–H and O–H groups in total. The van der Waals surface area contributed by atoms with Crippen molar-refractivity contribution in [2.24, 2.45) is 5.41 Å². The van der Waals surface area contributed by atoms with Crippen LogP contribution in [-0.2, 0) is 23.9 Å². The first-order valence-corrected chi connectivity index (χ1v) is 8.60. The van der Waals surface area contributed by atoms with Crippen LogP contribution in [0.5, 0.6) is 0 Å². The van der Waals surface area contributed by atoms with E-state index in [-0.39, 0.29) is 23.6 Å². The molecule has 9 heteroatoms. The van der Waals surface area contributed by atoms with Crippen LogP contribution in [0.2, 0.25) is 0 Å². The topological polar surface area (TPSA) is 125 Å². The molecule has 1 aliphatic rings. The van der Waals surface area contributed by atoms with E-state index in [1.165, 1.54) is 18.2 Å². The third-order valence-corrected chi connectivity index (χ3v) is 4.16. The minimum Gasteiger partial charge on any atom is -0.427 e. The number of allylic oxidation sites excluding steroid dienone is 1. The van der Waals surface area contributed by atoms with Gasteiger partial charge in [-0.1, -0.05) is 12.1 Å². The highest BCUT2D eigenvalue weighted by molar-refractivity contribution is 5.95. The van der Waals surface area contributed by atoms with Gasteiger partial charge in [0.2, 0.25) is 12.7 Å². The van der Waals surface area contributed by atoms with Crippen molar-refractivity contribution in [3.63, 3.8) is 0 Å². The fourth-order valence-corrected chi connectivity index (χ4v) is 2.74. The van der Waals surface area contributed by atoms with Gasteiger partial charge in [0, 0.05) is 30.2 Å². The van der Waals surface area contributed by atoms with Gasteiger partial charge in [-0.2, -0.15) is 0 Å². The van der Waals surface area contributed by atoms with E-state index in [0.29, 0.717) is 11.3 Å². The Morgan fingerprint density at radius 2 is 1.96 bits per heavy atom. The predicted octanol–water partition coefficient (Wildman–Crippen LogP) is 2.56. The van der Waals surface area contributed by atoms with E-state index in [9.17, 15) is 24.5 Å². The molecule has 0 aromatic heterocycles. The van der Waals surface area contributed by atoms with Gasteiger partial charge in [0.1, 0.15) is 0 Å². The number of nitrogens with one attached hydrogen (secondary N) is 1. The highest BCUT2D eigenvalue weighted by Crippen LogP contribution is 2.34. The Bertz CT molecular complexity index is 852. The molecule has 1 atom stereocenters. The van der Waals surface area contributed by atoms with Gasteiger partial charge in [0.15, 0.2) is 0 Å². The van der Waals surface area contributed by atoms with Crippen LogP contribution in [0.1, 0.15) is 45.6 Å². The number of nitro groups is 1. The number of carbonyl (C=O) groups is 3. The van der Waals surface area contributed by atoms with E-state index in [4.69, 9.17) is 9.47 Å². The zero-order chi connectivity index (χ0) is 21.1. The number of nitrogens with zero attached hydrogens (tertiary/aromatic N) is 1. The molecule has 2 rings (SSSR count). The van der Waals surface area contributed by atoms with Gasteiger partial charge in [0.05, 0.1) is 15.9 Å². The van der Waals surface area contributed by atoms with Crippen LogP contribution in [0.25, 0.3) is 0 Å². The highest BCUT2D eigenvalue weighted by Gasteiger charge is 2.34. The molecule has 0 aliphatic carbocycles. The maximum absolute atomic E-state index is 12.6. The molecule has 1 heterocycles. The average molecular weight is 390 g/mol. The number of hydrogen-bond donors (Lipinski definition) is 1. The summed E-state index contributed by atoms with van der Waals surface area (Å²) >= 11 is 0. The number of nitro benzene ring substituents is 1. The molecular weight excluding hydrogens is 368 g/mol. The normalized spacial score (nSPS) is 17.0. The number of benzene rings is 1. The highest BCUT2D eigenvalue weighted by atomic mass is 16.7. The Balaban J connectivity index is 2.23. The molecule has 1 aromatic carbocycles. The van der Waals surface area contributed by atoms with Crippen LogP contribution in [-0.4, -0.2) is 29.6 Å². The number of ether oxygens (including phenoxy) is 2. The van der Waals surface area contributed by atoms with Gasteiger partial charge < -0.3 is 14.8 Å². The summed E-state index contributed by atoms with van der Waals surface area (Å²) in [6, 6.07) is 5.75. The molecule has 150 valence electrons. The smallest absolute Gasteiger partial charge is 0.339 e. The summed E-state index contributed by atoms with van der Waals surface area (Å²) in [7, 11) is 0. The van der Waals surface area contributed by atoms with E-state index in [1.807, 2.05) is 0 Å². The molecular formula is C19H22N2O7. The average Bonchev–Trinajstić information content (AvgIpc) is 2.60. The summed E-state index contributed by atoms with van der Waals surface area (Å²) in [5.41, 5.74) is 0.00754. The monoisotopic (exact) mass is 390 g/mol. The summed E-state index contributed by atoms with van der Waals surface area (Å²) in [5.74, 6) is -2.32. The Morgan fingerprint density at radius 3 is 2.57 bits per heavy atom. The van der Waals surface area contributed by atoms with E-state index in [0.717, 1.165) is 0 Å². The van der Waals surface area contributed by atoms with E-state index < -0.39 is 35.0 Å². The van der Waals surface area contributed by atoms with E-state index in [1.54, 1.807) is 33.8 Å². The molecule has 0 spiro atoms. The zero-order valence-corrected chi connectivity index (χ0v) is 16.1. The van der Waals surface area contributed by atoms with Crippen molar-refractivity contribution in [2.45, 2.75) is 40.0 Å². The van der Waals surface area contributed by atoms with Crippen LogP contribution < -0.4 is 5.32 Å². The van der Waals surface area contributed by atoms with Crippen molar-refractivity contribution in [1.82, 2.24) is 5.32 Å². The fraction of sp³-hybridized carbons (Fsp3) is 0.421. The summed E-state index contributed by atoms with van der Waals surface area (Å²) in [4.78, 5) is 46.8. The largest absolute Gasteiger partial charge is 0.427 e. The number of hydrogen-bond acceptors (Lipinski definition) is 7. The molecule has 1 aliphatic heterocycles. The van der Waals surface area contributed by atoms with Gasteiger partial charge in [-0.05, 0) is 33.3 Å². The zero-order valence-electron chi connectivity index (χ0n) is 16.1.